The van der Waals surface area contributed by atoms with Gasteiger partial charge in [-0.05, 0) is 43.2 Å². The summed E-state index contributed by atoms with van der Waals surface area (Å²) in [4.78, 5) is 13.2. The molecule has 2 heterocycles. The first kappa shape index (κ1) is 22.9. The summed E-state index contributed by atoms with van der Waals surface area (Å²) in [7, 11) is -3.33. The molecule has 0 saturated carbocycles. The molecule has 1 N–H and O–H groups in total. The van der Waals surface area contributed by atoms with Gasteiger partial charge in [-0.1, -0.05) is 60.2 Å². The molecule has 1 aromatic heterocycles. The smallest absolute Gasteiger partial charge is 0.256 e. The van der Waals surface area contributed by atoms with Crippen molar-refractivity contribution in [2.75, 3.05) is 21.9 Å². The van der Waals surface area contributed by atoms with E-state index in [1.807, 2.05) is 61.5 Å². The Morgan fingerprint density at radius 1 is 0.971 bits per heavy atom. The Morgan fingerprint density at radius 3 is 2.51 bits per heavy atom. The van der Waals surface area contributed by atoms with Crippen LogP contribution in [-0.4, -0.2) is 36.4 Å². The van der Waals surface area contributed by atoms with E-state index in [2.05, 4.69) is 11.4 Å². The van der Waals surface area contributed by atoms with E-state index in [-0.39, 0.29) is 11.7 Å². The number of carbonyl (C=O) groups is 1. The largest absolute Gasteiger partial charge is 0.307 e. The second kappa shape index (κ2) is 9.38. The predicted octanol–water partition coefficient (Wildman–Crippen LogP) is 4.70. The molecule has 1 saturated heterocycles. The number of hydrogen-bond donors (Lipinski definition) is 1. The highest BCUT2D eigenvalue weighted by molar-refractivity contribution is 7.93. The maximum absolute atomic E-state index is 13.2. The van der Waals surface area contributed by atoms with Gasteiger partial charge in [0.05, 0.1) is 23.7 Å². The van der Waals surface area contributed by atoms with E-state index in [1.165, 1.54) is 4.31 Å². The van der Waals surface area contributed by atoms with Crippen molar-refractivity contribution >= 4 is 27.4 Å². The molecule has 1 aliphatic heterocycles. The lowest BCUT2D eigenvalue weighted by Crippen LogP contribution is -2.25. The number of hydrogen-bond acceptors (Lipinski definition) is 4. The Bertz CT molecular complexity index is 1480. The van der Waals surface area contributed by atoms with Crippen molar-refractivity contribution in [3.8, 4) is 11.3 Å². The summed E-state index contributed by atoms with van der Waals surface area (Å²) < 4.78 is 27.8. The second-order valence-electron chi connectivity index (χ2n) is 8.67. The number of benzene rings is 3. The van der Waals surface area contributed by atoms with E-state index < -0.39 is 10.0 Å². The summed E-state index contributed by atoms with van der Waals surface area (Å²) in [6.45, 7) is 2.95. The highest BCUT2D eigenvalue weighted by Gasteiger charge is 2.28. The minimum absolute atomic E-state index is 0.129. The van der Waals surface area contributed by atoms with E-state index >= 15 is 0 Å². The van der Waals surface area contributed by atoms with Gasteiger partial charge in [0.2, 0.25) is 10.0 Å². The highest BCUT2D eigenvalue weighted by atomic mass is 32.2. The lowest BCUT2D eigenvalue weighted by Gasteiger charge is -2.17. The van der Waals surface area contributed by atoms with Crippen molar-refractivity contribution in [3.05, 3.63) is 102 Å². The van der Waals surface area contributed by atoms with Gasteiger partial charge < -0.3 is 5.32 Å². The standard InChI is InChI=1S/C27H26N4O3S/c1-20-8-5-11-22(16-20)25-18-26(30(29-25)19-21-9-3-2-4-10-21)28-27(32)23-12-6-13-24(17-23)31-14-7-15-35(31,33)34/h2-6,8-13,16-18H,7,14-15,19H2,1H3,(H,28,32). The van der Waals surface area contributed by atoms with E-state index in [1.54, 1.807) is 28.9 Å². The van der Waals surface area contributed by atoms with Crippen molar-refractivity contribution in [1.82, 2.24) is 9.78 Å². The Hall–Kier alpha value is -3.91. The van der Waals surface area contributed by atoms with Crippen LogP contribution in [0, 0.1) is 6.92 Å². The zero-order chi connectivity index (χ0) is 24.4. The molecule has 35 heavy (non-hydrogen) atoms. The number of nitrogens with one attached hydrogen (secondary N) is 1. The summed E-state index contributed by atoms with van der Waals surface area (Å²) in [5, 5.41) is 7.76. The molecule has 1 fully saturated rings. The molecule has 0 unspecified atom stereocenters. The number of amides is 1. The monoisotopic (exact) mass is 486 g/mol. The van der Waals surface area contributed by atoms with Crippen molar-refractivity contribution in [2.45, 2.75) is 19.9 Å². The molecule has 1 amide bonds. The minimum atomic E-state index is -3.33. The van der Waals surface area contributed by atoms with Crippen molar-refractivity contribution < 1.29 is 13.2 Å². The van der Waals surface area contributed by atoms with E-state index in [9.17, 15) is 13.2 Å². The molecule has 1 aliphatic rings. The number of sulfonamides is 1. The minimum Gasteiger partial charge on any atom is -0.307 e. The number of nitrogens with zero attached hydrogens (tertiary/aromatic N) is 3. The Morgan fingerprint density at radius 2 is 1.77 bits per heavy atom. The summed E-state index contributed by atoms with van der Waals surface area (Å²) in [6, 6.07) is 26.6. The van der Waals surface area contributed by atoms with Gasteiger partial charge in [0.15, 0.2) is 0 Å². The average molecular weight is 487 g/mol. The summed E-state index contributed by atoms with van der Waals surface area (Å²) >= 11 is 0. The predicted molar refractivity (Wildman–Crippen MR) is 138 cm³/mol. The highest BCUT2D eigenvalue weighted by Crippen LogP contribution is 2.27. The topological polar surface area (TPSA) is 84.3 Å². The second-order valence-corrected chi connectivity index (χ2v) is 10.7. The first-order valence-corrected chi connectivity index (χ1v) is 13.1. The van der Waals surface area contributed by atoms with Gasteiger partial charge in [-0.15, -0.1) is 0 Å². The zero-order valence-electron chi connectivity index (χ0n) is 19.4. The zero-order valence-corrected chi connectivity index (χ0v) is 20.2. The molecule has 0 spiro atoms. The molecular formula is C27H26N4O3S. The summed E-state index contributed by atoms with van der Waals surface area (Å²) in [5.74, 6) is 0.368. The molecule has 0 atom stereocenters. The van der Waals surface area contributed by atoms with Gasteiger partial charge in [-0.25, -0.2) is 13.1 Å². The lowest BCUT2D eigenvalue weighted by molar-refractivity contribution is 0.102. The van der Waals surface area contributed by atoms with Gasteiger partial charge in [0, 0.05) is 23.7 Å². The van der Waals surface area contributed by atoms with E-state index in [0.29, 0.717) is 36.6 Å². The third-order valence-corrected chi connectivity index (χ3v) is 7.88. The van der Waals surface area contributed by atoms with Gasteiger partial charge in [0.25, 0.3) is 5.91 Å². The number of aryl methyl sites for hydroxylation is 1. The third-order valence-electron chi connectivity index (χ3n) is 6.01. The Balaban J connectivity index is 1.46. The van der Waals surface area contributed by atoms with Crippen LogP contribution in [0.3, 0.4) is 0 Å². The van der Waals surface area contributed by atoms with Crippen LogP contribution in [0.15, 0.2) is 84.9 Å². The number of carbonyl (C=O) groups excluding carboxylic acids is 1. The molecule has 0 bridgehead atoms. The van der Waals surface area contributed by atoms with Gasteiger partial charge >= 0.3 is 0 Å². The first-order chi connectivity index (χ1) is 16.9. The quantitative estimate of drug-likeness (QED) is 0.428. The fourth-order valence-corrected chi connectivity index (χ4v) is 5.82. The molecule has 4 aromatic rings. The average Bonchev–Trinajstić information content (AvgIpc) is 3.42. The van der Waals surface area contributed by atoms with Crippen LogP contribution in [-0.2, 0) is 16.6 Å². The maximum Gasteiger partial charge on any atom is 0.256 e. The molecule has 0 radical (unpaired) electrons. The number of anilines is 2. The van der Waals surface area contributed by atoms with Crippen LogP contribution in [0.4, 0.5) is 11.5 Å². The van der Waals surface area contributed by atoms with Crippen LogP contribution in [0.25, 0.3) is 11.3 Å². The molecule has 178 valence electrons. The normalized spacial score (nSPS) is 14.7. The Labute approximate surface area is 205 Å². The maximum atomic E-state index is 13.2. The van der Waals surface area contributed by atoms with Gasteiger partial charge in [0.1, 0.15) is 5.82 Å². The van der Waals surface area contributed by atoms with Crippen molar-refractivity contribution in [2.24, 2.45) is 0 Å². The molecule has 7 nitrogen and oxygen atoms in total. The van der Waals surface area contributed by atoms with Crippen molar-refractivity contribution in [1.29, 1.82) is 0 Å². The SMILES string of the molecule is Cc1cccc(-c2cc(NC(=O)c3cccc(N4CCCS4(=O)=O)c3)n(Cc3ccccc3)n2)c1. The fourth-order valence-electron chi connectivity index (χ4n) is 4.26. The molecule has 0 aliphatic carbocycles. The van der Waals surface area contributed by atoms with Crippen LogP contribution < -0.4 is 9.62 Å². The Kier molecular flexibility index (Phi) is 6.13. The van der Waals surface area contributed by atoms with Crippen LogP contribution in [0.1, 0.15) is 27.9 Å². The summed E-state index contributed by atoms with van der Waals surface area (Å²) in [5.41, 5.74) is 4.80. The summed E-state index contributed by atoms with van der Waals surface area (Å²) in [6.07, 6.45) is 0.583. The van der Waals surface area contributed by atoms with E-state index in [0.717, 1.165) is 22.4 Å². The molecule has 3 aromatic carbocycles. The number of aromatic nitrogens is 2. The van der Waals surface area contributed by atoms with Crippen LogP contribution in [0.2, 0.25) is 0 Å². The molecule has 5 rings (SSSR count). The van der Waals surface area contributed by atoms with Gasteiger partial charge in [-0.2, -0.15) is 5.10 Å². The van der Waals surface area contributed by atoms with Crippen LogP contribution in [0.5, 0.6) is 0 Å². The van der Waals surface area contributed by atoms with Crippen LogP contribution >= 0.6 is 0 Å². The fraction of sp³-hybridized carbons (Fsp3) is 0.185. The number of rotatable bonds is 6. The van der Waals surface area contributed by atoms with Crippen molar-refractivity contribution in [3.63, 3.8) is 0 Å². The molecule has 8 heteroatoms. The lowest BCUT2D eigenvalue weighted by atomic mass is 10.1. The third kappa shape index (κ3) is 4.97. The first-order valence-electron chi connectivity index (χ1n) is 11.5. The molecular weight excluding hydrogens is 460 g/mol. The van der Waals surface area contributed by atoms with Gasteiger partial charge in [-0.3, -0.25) is 9.10 Å². The van der Waals surface area contributed by atoms with E-state index in [4.69, 9.17) is 5.10 Å².